The molecule has 0 fully saturated rings. The van der Waals surface area contributed by atoms with E-state index >= 15 is 0 Å². The molecule has 1 aromatic carbocycles. The van der Waals surface area contributed by atoms with Crippen LogP contribution in [-0.4, -0.2) is 18.0 Å². The smallest absolute Gasteiger partial charge is 0.161 e. The molecule has 14 heavy (non-hydrogen) atoms. The normalized spacial score (nSPS) is 15.1. The van der Waals surface area contributed by atoms with E-state index in [1.807, 2.05) is 6.07 Å². The van der Waals surface area contributed by atoms with Crippen LogP contribution in [0.5, 0.6) is 11.5 Å². The summed E-state index contributed by atoms with van der Waals surface area (Å²) >= 11 is 0. The first kappa shape index (κ1) is 9.06. The number of benzene rings is 1. The van der Waals surface area contributed by atoms with Crippen LogP contribution in [-0.2, 0) is 17.6 Å². The SMILES string of the molecule is COc1ccc2c(c1O)CCC(=O)C2. The molecular weight excluding hydrogens is 180 g/mol. The van der Waals surface area contributed by atoms with Crippen LogP contribution >= 0.6 is 0 Å². The van der Waals surface area contributed by atoms with Gasteiger partial charge in [0.1, 0.15) is 5.78 Å². The average molecular weight is 192 g/mol. The fraction of sp³-hybridized carbons (Fsp3) is 0.364. The summed E-state index contributed by atoms with van der Waals surface area (Å²) in [6.45, 7) is 0. The molecule has 3 nitrogen and oxygen atoms in total. The first-order chi connectivity index (χ1) is 6.72. The molecule has 74 valence electrons. The molecule has 0 bridgehead atoms. The monoisotopic (exact) mass is 192 g/mol. The summed E-state index contributed by atoms with van der Waals surface area (Å²) in [5, 5.41) is 9.78. The van der Waals surface area contributed by atoms with E-state index in [0.717, 1.165) is 11.1 Å². The van der Waals surface area contributed by atoms with Crippen molar-refractivity contribution in [2.45, 2.75) is 19.3 Å². The Morgan fingerprint density at radius 2 is 2.14 bits per heavy atom. The maximum Gasteiger partial charge on any atom is 0.161 e. The van der Waals surface area contributed by atoms with Crippen molar-refractivity contribution in [2.75, 3.05) is 7.11 Å². The highest BCUT2D eigenvalue weighted by atomic mass is 16.5. The van der Waals surface area contributed by atoms with Gasteiger partial charge in [0, 0.05) is 18.4 Å². The van der Waals surface area contributed by atoms with E-state index in [2.05, 4.69) is 0 Å². The van der Waals surface area contributed by atoms with Gasteiger partial charge in [-0.2, -0.15) is 0 Å². The van der Waals surface area contributed by atoms with Crippen molar-refractivity contribution in [1.29, 1.82) is 0 Å². The largest absolute Gasteiger partial charge is 0.504 e. The Hall–Kier alpha value is -1.51. The zero-order valence-electron chi connectivity index (χ0n) is 8.04. The van der Waals surface area contributed by atoms with Gasteiger partial charge in [-0.05, 0) is 18.1 Å². The third-order valence-corrected chi connectivity index (χ3v) is 2.60. The van der Waals surface area contributed by atoms with Gasteiger partial charge in [-0.3, -0.25) is 4.79 Å². The number of Topliss-reactive ketones (excluding diaryl/α,β-unsaturated/α-hetero) is 1. The third kappa shape index (κ3) is 1.35. The van der Waals surface area contributed by atoms with Crippen LogP contribution in [0.15, 0.2) is 12.1 Å². The van der Waals surface area contributed by atoms with Crippen LogP contribution < -0.4 is 4.74 Å². The standard InChI is InChI=1S/C11H12O3/c1-14-10-5-2-7-6-8(12)3-4-9(7)11(10)13/h2,5,13H,3-4,6H2,1H3. The number of carbonyl (C=O) groups excluding carboxylic acids is 1. The number of rotatable bonds is 1. The summed E-state index contributed by atoms with van der Waals surface area (Å²) in [5.74, 6) is 0.915. The Kier molecular flexibility index (Phi) is 2.15. The van der Waals surface area contributed by atoms with E-state index in [4.69, 9.17) is 4.74 Å². The topological polar surface area (TPSA) is 46.5 Å². The number of carbonyl (C=O) groups is 1. The first-order valence-corrected chi connectivity index (χ1v) is 4.62. The minimum Gasteiger partial charge on any atom is -0.504 e. The molecule has 2 rings (SSSR count). The molecule has 0 radical (unpaired) electrons. The van der Waals surface area contributed by atoms with E-state index in [-0.39, 0.29) is 11.5 Å². The Balaban J connectivity index is 2.48. The van der Waals surface area contributed by atoms with Gasteiger partial charge in [0.05, 0.1) is 7.11 Å². The third-order valence-electron chi connectivity index (χ3n) is 2.60. The first-order valence-electron chi connectivity index (χ1n) is 4.62. The van der Waals surface area contributed by atoms with Gasteiger partial charge in [-0.15, -0.1) is 0 Å². The number of ether oxygens (including phenoxy) is 1. The molecule has 0 aromatic heterocycles. The molecular formula is C11H12O3. The number of ketones is 1. The van der Waals surface area contributed by atoms with Crippen LogP contribution in [0.4, 0.5) is 0 Å². The van der Waals surface area contributed by atoms with Gasteiger partial charge in [-0.1, -0.05) is 6.07 Å². The van der Waals surface area contributed by atoms with E-state index in [1.54, 1.807) is 6.07 Å². The summed E-state index contributed by atoms with van der Waals surface area (Å²) in [6.07, 6.45) is 1.58. The fourth-order valence-electron chi connectivity index (χ4n) is 1.83. The molecule has 0 amide bonds. The molecule has 0 atom stereocenters. The van der Waals surface area contributed by atoms with Crippen molar-refractivity contribution in [3.8, 4) is 11.5 Å². The fourth-order valence-corrected chi connectivity index (χ4v) is 1.83. The molecule has 0 spiro atoms. The van der Waals surface area contributed by atoms with Gasteiger partial charge in [0.2, 0.25) is 0 Å². The van der Waals surface area contributed by atoms with E-state index in [0.29, 0.717) is 25.0 Å². The molecule has 1 aliphatic carbocycles. The number of phenolic OH excluding ortho intramolecular Hbond substituents is 1. The number of hydrogen-bond donors (Lipinski definition) is 1. The van der Waals surface area contributed by atoms with E-state index in [9.17, 15) is 9.90 Å². The maximum absolute atomic E-state index is 11.2. The molecule has 1 aliphatic rings. The second-order valence-electron chi connectivity index (χ2n) is 3.47. The molecule has 0 aliphatic heterocycles. The van der Waals surface area contributed by atoms with E-state index in [1.165, 1.54) is 7.11 Å². The number of methoxy groups -OCH3 is 1. The molecule has 3 heteroatoms. The Bertz CT molecular complexity index is 382. The lowest BCUT2D eigenvalue weighted by atomic mass is 9.90. The predicted octanol–water partition coefficient (Wildman–Crippen LogP) is 1.46. The summed E-state index contributed by atoms with van der Waals surface area (Å²) in [5.41, 5.74) is 1.79. The van der Waals surface area contributed by atoms with Gasteiger partial charge in [0.25, 0.3) is 0 Å². The van der Waals surface area contributed by atoms with Gasteiger partial charge < -0.3 is 9.84 Å². The lowest BCUT2D eigenvalue weighted by Gasteiger charge is -2.17. The highest BCUT2D eigenvalue weighted by molar-refractivity contribution is 5.84. The minimum atomic E-state index is 0.192. The molecule has 0 saturated heterocycles. The molecule has 1 aromatic rings. The Morgan fingerprint density at radius 3 is 2.86 bits per heavy atom. The van der Waals surface area contributed by atoms with Gasteiger partial charge in [0.15, 0.2) is 11.5 Å². The number of aromatic hydroxyl groups is 1. The van der Waals surface area contributed by atoms with Crippen LogP contribution in [0.25, 0.3) is 0 Å². The number of hydrogen-bond acceptors (Lipinski definition) is 3. The van der Waals surface area contributed by atoms with Crippen molar-refractivity contribution < 1.29 is 14.6 Å². The number of fused-ring (bicyclic) bond motifs is 1. The van der Waals surface area contributed by atoms with Gasteiger partial charge >= 0.3 is 0 Å². The summed E-state index contributed by atoms with van der Waals surface area (Å²) in [7, 11) is 1.52. The van der Waals surface area contributed by atoms with Crippen molar-refractivity contribution in [3.05, 3.63) is 23.3 Å². The summed E-state index contributed by atoms with van der Waals surface area (Å²) in [6, 6.07) is 3.55. The van der Waals surface area contributed by atoms with Crippen molar-refractivity contribution in [1.82, 2.24) is 0 Å². The quantitative estimate of drug-likeness (QED) is 0.732. The maximum atomic E-state index is 11.2. The molecule has 0 unspecified atom stereocenters. The average Bonchev–Trinajstić information content (AvgIpc) is 2.18. The summed E-state index contributed by atoms with van der Waals surface area (Å²) < 4.78 is 5.00. The van der Waals surface area contributed by atoms with Crippen LogP contribution in [0.3, 0.4) is 0 Å². The zero-order valence-corrected chi connectivity index (χ0v) is 8.04. The predicted molar refractivity (Wildman–Crippen MR) is 51.7 cm³/mol. The second-order valence-corrected chi connectivity index (χ2v) is 3.47. The van der Waals surface area contributed by atoms with Crippen molar-refractivity contribution >= 4 is 5.78 Å². The van der Waals surface area contributed by atoms with Crippen molar-refractivity contribution in [3.63, 3.8) is 0 Å². The summed E-state index contributed by atoms with van der Waals surface area (Å²) in [4.78, 5) is 11.2. The highest BCUT2D eigenvalue weighted by Gasteiger charge is 2.20. The lowest BCUT2D eigenvalue weighted by Crippen LogP contribution is -2.13. The molecule has 0 saturated carbocycles. The van der Waals surface area contributed by atoms with Crippen LogP contribution in [0, 0.1) is 0 Å². The molecule has 1 N–H and O–H groups in total. The zero-order chi connectivity index (χ0) is 10.1. The Labute approximate surface area is 82.3 Å². The van der Waals surface area contributed by atoms with Crippen molar-refractivity contribution in [2.24, 2.45) is 0 Å². The second kappa shape index (κ2) is 3.33. The molecule has 0 heterocycles. The highest BCUT2D eigenvalue weighted by Crippen LogP contribution is 2.35. The van der Waals surface area contributed by atoms with Gasteiger partial charge in [-0.25, -0.2) is 0 Å². The van der Waals surface area contributed by atoms with Crippen LogP contribution in [0.2, 0.25) is 0 Å². The number of phenols is 1. The minimum absolute atomic E-state index is 0.192. The van der Waals surface area contributed by atoms with E-state index < -0.39 is 0 Å². The lowest BCUT2D eigenvalue weighted by molar-refractivity contribution is -0.118. The Morgan fingerprint density at radius 1 is 1.36 bits per heavy atom. The van der Waals surface area contributed by atoms with Crippen LogP contribution in [0.1, 0.15) is 17.5 Å².